The van der Waals surface area contributed by atoms with Crippen molar-refractivity contribution in [1.82, 2.24) is 0 Å². The van der Waals surface area contributed by atoms with Gasteiger partial charge in [-0.15, -0.1) is 0 Å². The lowest BCUT2D eigenvalue weighted by Crippen LogP contribution is -2.30. The Hall–Kier alpha value is -2.29. The lowest BCUT2D eigenvalue weighted by molar-refractivity contribution is -0.140. The van der Waals surface area contributed by atoms with Gasteiger partial charge in [-0.25, -0.2) is 0 Å². The number of hydrogen-bond donors (Lipinski definition) is 1. The number of fused-ring (bicyclic) bond motifs is 1. The summed E-state index contributed by atoms with van der Waals surface area (Å²) >= 11 is 0. The zero-order valence-corrected chi connectivity index (χ0v) is 14.4. The first-order chi connectivity index (χ1) is 11.7. The molecule has 3 rings (SSSR count). The van der Waals surface area contributed by atoms with Crippen LogP contribution in [0.1, 0.15) is 49.3 Å². The standard InChI is InChI=1S/C21H25NO2/c1-15-17(12-8-14-20(23)24-2)18-11-6-7-13-19(18)22-21(15)16-9-4-3-5-10-16/h3-7,9-11,13,15,17,21-22H,8,12,14H2,1-2H3. The van der Waals surface area contributed by atoms with Crippen molar-refractivity contribution in [3.05, 3.63) is 65.7 Å². The van der Waals surface area contributed by atoms with Crippen LogP contribution in [0.3, 0.4) is 0 Å². The highest BCUT2D eigenvalue weighted by Gasteiger charge is 2.33. The zero-order chi connectivity index (χ0) is 16.9. The van der Waals surface area contributed by atoms with Crippen LogP contribution in [0.2, 0.25) is 0 Å². The molecule has 1 aliphatic heterocycles. The molecule has 3 heteroatoms. The van der Waals surface area contributed by atoms with Gasteiger partial charge in [-0.05, 0) is 41.9 Å². The van der Waals surface area contributed by atoms with E-state index in [4.69, 9.17) is 4.74 Å². The van der Waals surface area contributed by atoms with Gasteiger partial charge < -0.3 is 10.1 Å². The molecule has 0 saturated carbocycles. The van der Waals surface area contributed by atoms with Gasteiger partial charge in [-0.3, -0.25) is 4.79 Å². The van der Waals surface area contributed by atoms with E-state index in [1.165, 1.54) is 23.9 Å². The molecule has 0 bridgehead atoms. The van der Waals surface area contributed by atoms with Gasteiger partial charge in [0.15, 0.2) is 0 Å². The van der Waals surface area contributed by atoms with Crippen LogP contribution in [-0.2, 0) is 9.53 Å². The largest absolute Gasteiger partial charge is 0.469 e. The fraction of sp³-hybridized carbons (Fsp3) is 0.381. The first kappa shape index (κ1) is 16.6. The van der Waals surface area contributed by atoms with Crippen LogP contribution < -0.4 is 5.32 Å². The Morgan fingerprint density at radius 2 is 1.79 bits per heavy atom. The molecule has 0 radical (unpaired) electrons. The van der Waals surface area contributed by atoms with Crippen LogP contribution in [0.4, 0.5) is 5.69 Å². The number of hydrogen-bond acceptors (Lipinski definition) is 3. The predicted octanol–water partition coefficient (Wildman–Crippen LogP) is 4.92. The summed E-state index contributed by atoms with van der Waals surface area (Å²) in [6.45, 7) is 2.31. The molecule has 0 amide bonds. The van der Waals surface area contributed by atoms with E-state index in [-0.39, 0.29) is 5.97 Å². The molecule has 24 heavy (non-hydrogen) atoms. The van der Waals surface area contributed by atoms with Crippen LogP contribution in [0, 0.1) is 5.92 Å². The van der Waals surface area contributed by atoms with Crippen LogP contribution in [0.25, 0.3) is 0 Å². The van der Waals surface area contributed by atoms with E-state index in [1.807, 2.05) is 0 Å². The van der Waals surface area contributed by atoms with Gasteiger partial charge in [0, 0.05) is 12.1 Å². The highest BCUT2D eigenvalue weighted by atomic mass is 16.5. The number of nitrogens with one attached hydrogen (secondary N) is 1. The number of carbonyl (C=O) groups excluding carboxylic acids is 1. The maximum absolute atomic E-state index is 11.4. The third-order valence-corrected chi connectivity index (χ3v) is 5.11. The van der Waals surface area contributed by atoms with Crippen molar-refractivity contribution in [2.24, 2.45) is 5.92 Å². The number of carbonyl (C=O) groups is 1. The van der Waals surface area contributed by atoms with Crippen molar-refractivity contribution in [1.29, 1.82) is 0 Å². The normalized spacial score (nSPS) is 22.3. The molecule has 0 fully saturated rings. The number of benzene rings is 2. The van der Waals surface area contributed by atoms with Crippen LogP contribution in [0.5, 0.6) is 0 Å². The van der Waals surface area contributed by atoms with Gasteiger partial charge in [-0.1, -0.05) is 55.5 Å². The lowest BCUT2D eigenvalue weighted by atomic mass is 9.74. The molecule has 1 heterocycles. The highest BCUT2D eigenvalue weighted by molar-refractivity contribution is 5.69. The van der Waals surface area contributed by atoms with E-state index < -0.39 is 0 Å². The average Bonchev–Trinajstić information content (AvgIpc) is 2.63. The van der Waals surface area contributed by atoms with E-state index in [0.29, 0.717) is 24.3 Å². The van der Waals surface area contributed by atoms with Crippen LogP contribution >= 0.6 is 0 Å². The molecule has 0 aromatic heterocycles. The molecule has 0 spiro atoms. The molecule has 3 nitrogen and oxygen atoms in total. The number of anilines is 1. The number of ether oxygens (including phenoxy) is 1. The Morgan fingerprint density at radius 3 is 2.54 bits per heavy atom. The summed E-state index contributed by atoms with van der Waals surface area (Å²) < 4.78 is 4.78. The summed E-state index contributed by atoms with van der Waals surface area (Å²) in [5.74, 6) is 0.779. The molecule has 1 N–H and O–H groups in total. The van der Waals surface area contributed by atoms with Crippen molar-refractivity contribution in [3.63, 3.8) is 0 Å². The van der Waals surface area contributed by atoms with Crippen LogP contribution in [-0.4, -0.2) is 13.1 Å². The summed E-state index contributed by atoms with van der Waals surface area (Å²) in [6.07, 6.45) is 2.35. The fourth-order valence-electron chi connectivity index (χ4n) is 3.80. The Morgan fingerprint density at radius 1 is 1.08 bits per heavy atom. The topological polar surface area (TPSA) is 38.3 Å². The van der Waals surface area contributed by atoms with E-state index >= 15 is 0 Å². The Balaban J connectivity index is 1.83. The molecule has 126 valence electrons. The van der Waals surface area contributed by atoms with Crippen molar-refractivity contribution in [2.45, 2.75) is 38.1 Å². The molecule has 3 unspecified atom stereocenters. The number of rotatable bonds is 5. The second-order valence-corrected chi connectivity index (χ2v) is 6.55. The second kappa shape index (κ2) is 7.52. The second-order valence-electron chi connectivity index (χ2n) is 6.55. The summed E-state index contributed by atoms with van der Waals surface area (Å²) in [6, 6.07) is 19.5. The SMILES string of the molecule is COC(=O)CCCC1c2ccccc2NC(c2ccccc2)C1C. The summed E-state index contributed by atoms with van der Waals surface area (Å²) in [5.41, 5.74) is 3.90. The van der Waals surface area contributed by atoms with Gasteiger partial charge in [0.2, 0.25) is 0 Å². The van der Waals surface area contributed by atoms with Crippen molar-refractivity contribution in [3.8, 4) is 0 Å². The highest BCUT2D eigenvalue weighted by Crippen LogP contribution is 2.46. The summed E-state index contributed by atoms with van der Waals surface area (Å²) in [4.78, 5) is 11.4. The Labute approximate surface area is 144 Å². The van der Waals surface area contributed by atoms with Crippen molar-refractivity contribution < 1.29 is 9.53 Å². The molecular weight excluding hydrogens is 298 g/mol. The van der Waals surface area contributed by atoms with Crippen molar-refractivity contribution >= 4 is 11.7 Å². The minimum atomic E-state index is -0.121. The number of methoxy groups -OCH3 is 1. The molecule has 3 atom stereocenters. The minimum Gasteiger partial charge on any atom is -0.469 e. The Kier molecular flexibility index (Phi) is 5.19. The molecule has 1 aliphatic rings. The first-order valence-electron chi connectivity index (χ1n) is 8.68. The van der Waals surface area contributed by atoms with E-state index in [1.54, 1.807) is 0 Å². The predicted molar refractivity (Wildman–Crippen MR) is 97.0 cm³/mol. The number of esters is 1. The van der Waals surface area contributed by atoms with Gasteiger partial charge in [0.1, 0.15) is 0 Å². The first-order valence-corrected chi connectivity index (χ1v) is 8.68. The van der Waals surface area contributed by atoms with E-state index in [0.717, 1.165) is 12.8 Å². The maximum atomic E-state index is 11.4. The lowest BCUT2D eigenvalue weighted by Gasteiger charge is -2.39. The minimum absolute atomic E-state index is 0.121. The monoisotopic (exact) mass is 323 g/mol. The smallest absolute Gasteiger partial charge is 0.305 e. The average molecular weight is 323 g/mol. The van der Waals surface area contributed by atoms with Gasteiger partial charge >= 0.3 is 5.97 Å². The number of para-hydroxylation sites is 1. The quantitative estimate of drug-likeness (QED) is 0.794. The third kappa shape index (κ3) is 3.45. The molecule has 0 saturated heterocycles. The fourth-order valence-corrected chi connectivity index (χ4v) is 3.80. The zero-order valence-electron chi connectivity index (χ0n) is 14.4. The molecule has 2 aromatic rings. The van der Waals surface area contributed by atoms with Gasteiger partial charge in [0.25, 0.3) is 0 Å². The summed E-state index contributed by atoms with van der Waals surface area (Å²) in [7, 11) is 1.45. The van der Waals surface area contributed by atoms with Crippen molar-refractivity contribution in [2.75, 3.05) is 12.4 Å². The Bertz CT molecular complexity index is 683. The summed E-state index contributed by atoms with van der Waals surface area (Å²) in [5, 5.41) is 3.71. The maximum Gasteiger partial charge on any atom is 0.305 e. The third-order valence-electron chi connectivity index (χ3n) is 5.11. The van der Waals surface area contributed by atoms with Gasteiger partial charge in [0.05, 0.1) is 13.2 Å². The van der Waals surface area contributed by atoms with E-state index in [2.05, 4.69) is 66.8 Å². The van der Waals surface area contributed by atoms with Gasteiger partial charge in [-0.2, -0.15) is 0 Å². The van der Waals surface area contributed by atoms with Crippen LogP contribution in [0.15, 0.2) is 54.6 Å². The molecule has 0 aliphatic carbocycles. The van der Waals surface area contributed by atoms with E-state index in [9.17, 15) is 4.79 Å². The molecular formula is C21H25NO2. The molecule has 2 aromatic carbocycles.